The van der Waals surface area contributed by atoms with Gasteiger partial charge in [0.1, 0.15) is 0 Å². The number of ether oxygens (including phenoxy) is 1. The molecule has 2 saturated heterocycles. The maximum Gasteiger partial charge on any atom is 0.0638 e. The Kier molecular flexibility index (Phi) is 3.39. The Balaban J connectivity index is 1.68. The molecule has 0 amide bonds. The summed E-state index contributed by atoms with van der Waals surface area (Å²) in [4.78, 5) is 0. The Morgan fingerprint density at radius 1 is 1.44 bits per heavy atom. The van der Waals surface area contributed by atoms with Crippen molar-refractivity contribution in [2.75, 3.05) is 19.7 Å². The van der Waals surface area contributed by atoms with Gasteiger partial charge in [-0.05, 0) is 38.3 Å². The second kappa shape index (κ2) is 5.02. The predicted molar refractivity (Wildman–Crippen MR) is 70.5 cm³/mol. The average molecular weight is 249 g/mol. The summed E-state index contributed by atoms with van der Waals surface area (Å²) in [5, 5.41) is 8.04. The third kappa shape index (κ3) is 2.31. The van der Waals surface area contributed by atoms with E-state index in [2.05, 4.69) is 41.2 Å². The van der Waals surface area contributed by atoms with Crippen molar-refractivity contribution < 1.29 is 4.74 Å². The van der Waals surface area contributed by atoms with Crippen LogP contribution in [0.15, 0.2) is 12.3 Å². The van der Waals surface area contributed by atoms with Crippen LogP contribution in [-0.2, 0) is 4.74 Å². The summed E-state index contributed by atoms with van der Waals surface area (Å²) in [7, 11) is 0. The van der Waals surface area contributed by atoms with Crippen molar-refractivity contribution in [3.63, 3.8) is 0 Å². The van der Waals surface area contributed by atoms with E-state index in [-0.39, 0.29) is 0 Å². The highest BCUT2D eigenvalue weighted by Gasteiger charge is 2.35. The zero-order chi connectivity index (χ0) is 12.5. The third-order valence-electron chi connectivity index (χ3n) is 4.46. The highest BCUT2D eigenvalue weighted by Crippen LogP contribution is 2.32. The molecule has 2 aliphatic heterocycles. The topological polar surface area (TPSA) is 39.1 Å². The highest BCUT2D eigenvalue weighted by molar-refractivity contribution is 4.97. The smallest absolute Gasteiger partial charge is 0.0638 e. The molecule has 1 N–H and O–H groups in total. The minimum Gasteiger partial charge on any atom is -0.378 e. The summed E-state index contributed by atoms with van der Waals surface area (Å²) in [5.41, 5.74) is 1.11. The fourth-order valence-corrected chi connectivity index (χ4v) is 3.31. The number of nitrogens with zero attached hydrogens (tertiary/aromatic N) is 2. The van der Waals surface area contributed by atoms with Crippen LogP contribution in [0.5, 0.6) is 0 Å². The Morgan fingerprint density at radius 3 is 3.00 bits per heavy atom. The van der Waals surface area contributed by atoms with Crippen molar-refractivity contribution in [2.24, 2.45) is 11.8 Å². The van der Waals surface area contributed by atoms with E-state index < -0.39 is 0 Å². The molecule has 18 heavy (non-hydrogen) atoms. The van der Waals surface area contributed by atoms with Crippen LogP contribution < -0.4 is 5.32 Å². The van der Waals surface area contributed by atoms with Crippen LogP contribution in [0.25, 0.3) is 0 Å². The van der Waals surface area contributed by atoms with E-state index in [9.17, 15) is 0 Å². The number of hydrogen-bond acceptors (Lipinski definition) is 3. The van der Waals surface area contributed by atoms with E-state index in [0.717, 1.165) is 44.1 Å². The SMILES string of the molecule is Cc1ccn(C2CCOC([C@@H]3CNC[C@H]3C)C2)n1. The van der Waals surface area contributed by atoms with E-state index in [1.165, 1.54) is 0 Å². The van der Waals surface area contributed by atoms with Crippen LogP contribution in [0.3, 0.4) is 0 Å². The minimum absolute atomic E-state index is 0.401. The molecule has 1 aromatic rings. The first-order valence-corrected chi connectivity index (χ1v) is 7.08. The molecule has 0 aliphatic carbocycles. The van der Waals surface area contributed by atoms with Crippen LogP contribution in [0.4, 0.5) is 0 Å². The van der Waals surface area contributed by atoms with E-state index in [1.54, 1.807) is 0 Å². The zero-order valence-corrected chi connectivity index (χ0v) is 11.3. The molecule has 0 spiro atoms. The van der Waals surface area contributed by atoms with Crippen molar-refractivity contribution in [3.05, 3.63) is 18.0 Å². The van der Waals surface area contributed by atoms with Gasteiger partial charge in [0.25, 0.3) is 0 Å². The molecule has 0 radical (unpaired) electrons. The van der Waals surface area contributed by atoms with Crippen molar-refractivity contribution in [1.82, 2.24) is 15.1 Å². The summed E-state index contributed by atoms with van der Waals surface area (Å²) in [6.45, 7) is 7.50. The first kappa shape index (κ1) is 12.2. The highest BCUT2D eigenvalue weighted by atomic mass is 16.5. The summed E-state index contributed by atoms with van der Waals surface area (Å²) < 4.78 is 8.15. The van der Waals surface area contributed by atoms with Gasteiger partial charge in [0.2, 0.25) is 0 Å². The molecule has 1 aromatic heterocycles. The van der Waals surface area contributed by atoms with Gasteiger partial charge >= 0.3 is 0 Å². The lowest BCUT2D eigenvalue weighted by Gasteiger charge is -2.34. The summed E-state index contributed by atoms with van der Waals surface area (Å²) >= 11 is 0. The van der Waals surface area contributed by atoms with Gasteiger partial charge in [0.05, 0.1) is 17.8 Å². The van der Waals surface area contributed by atoms with Gasteiger partial charge < -0.3 is 10.1 Å². The van der Waals surface area contributed by atoms with Gasteiger partial charge in [-0.25, -0.2) is 0 Å². The molecule has 0 aromatic carbocycles. The molecule has 3 rings (SSSR count). The number of aromatic nitrogens is 2. The lowest BCUT2D eigenvalue weighted by Crippen LogP contribution is -2.36. The Morgan fingerprint density at radius 2 is 2.33 bits per heavy atom. The second-order valence-corrected chi connectivity index (χ2v) is 5.82. The predicted octanol–water partition coefficient (Wildman–Crippen LogP) is 1.77. The number of hydrogen-bond donors (Lipinski definition) is 1. The van der Waals surface area contributed by atoms with Gasteiger partial charge in [-0.2, -0.15) is 5.10 Å². The molecule has 4 heteroatoms. The van der Waals surface area contributed by atoms with Gasteiger partial charge in [0.15, 0.2) is 0 Å². The lowest BCUT2D eigenvalue weighted by atomic mass is 9.86. The molecule has 3 heterocycles. The zero-order valence-electron chi connectivity index (χ0n) is 11.3. The number of nitrogens with one attached hydrogen (secondary N) is 1. The fraction of sp³-hybridized carbons (Fsp3) is 0.786. The quantitative estimate of drug-likeness (QED) is 0.868. The van der Waals surface area contributed by atoms with Crippen molar-refractivity contribution in [2.45, 2.75) is 38.8 Å². The maximum absolute atomic E-state index is 6.01. The minimum atomic E-state index is 0.401. The van der Waals surface area contributed by atoms with E-state index >= 15 is 0 Å². The van der Waals surface area contributed by atoms with Gasteiger partial charge in [-0.1, -0.05) is 6.92 Å². The molecule has 4 atom stereocenters. The molecule has 2 fully saturated rings. The fourth-order valence-electron chi connectivity index (χ4n) is 3.31. The Bertz CT molecular complexity index is 403. The largest absolute Gasteiger partial charge is 0.378 e. The van der Waals surface area contributed by atoms with Gasteiger partial charge in [0, 0.05) is 25.3 Å². The van der Waals surface area contributed by atoms with Crippen LogP contribution in [0.2, 0.25) is 0 Å². The van der Waals surface area contributed by atoms with Crippen molar-refractivity contribution in [3.8, 4) is 0 Å². The van der Waals surface area contributed by atoms with Gasteiger partial charge in [-0.15, -0.1) is 0 Å². The van der Waals surface area contributed by atoms with E-state index in [1.807, 2.05) is 0 Å². The summed E-state index contributed by atoms with van der Waals surface area (Å²) in [5.74, 6) is 1.40. The molecular formula is C14H23N3O. The average Bonchev–Trinajstić information content (AvgIpc) is 2.98. The van der Waals surface area contributed by atoms with Crippen LogP contribution in [0.1, 0.15) is 31.5 Å². The summed E-state index contributed by atoms with van der Waals surface area (Å²) in [6.07, 6.45) is 4.71. The first-order chi connectivity index (χ1) is 8.74. The molecule has 4 nitrogen and oxygen atoms in total. The van der Waals surface area contributed by atoms with Crippen LogP contribution in [-0.4, -0.2) is 35.6 Å². The molecule has 0 saturated carbocycles. The molecule has 2 unspecified atom stereocenters. The first-order valence-electron chi connectivity index (χ1n) is 7.08. The monoisotopic (exact) mass is 249 g/mol. The van der Waals surface area contributed by atoms with Crippen molar-refractivity contribution >= 4 is 0 Å². The second-order valence-electron chi connectivity index (χ2n) is 5.82. The number of aryl methyl sites for hydroxylation is 1. The van der Waals surface area contributed by atoms with Crippen LogP contribution in [0, 0.1) is 18.8 Å². The van der Waals surface area contributed by atoms with Crippen molar-refractivity contribution in [1.29, 1.82) is 0 Å². The number of rotatable bonds is 2. The van der Waals surface area contributed by atoms with Gasteiger partial charge in [-0.3, -0.25) is 4.68 Å². The Hall–Kier alpha value is -0.870. The molecule has 2 aliphatic rings. The molecular weight excluding hydrogens is 226 g/mol. The maximum atomic E-state index is 6.01. The Labute approximate surface area is 109 Å². The summed E-state index contributed by atoms with van der Waals surface area (Å²) in [6, 6.07) is 2.61. The standard InChI is InChI=1S/C14H23N3O/c1-10-8-15-9-13(10)14-7-12(4-6-18-14)17-5-3-11(2)16-17/h3,5,10,12-15H,4,6-9H2,1-2H3/t10-,12?,13-,14?/m1/s1. The molecule has 0 bridgehead atoms. The third-order valence-corrected chi connectivity index (χ3v) is 4.46. The molecule has 100 valence electrons. The van der Waals surface area contributed by atoms with E-state index in [4.69, 9.17) is 4.74 Å². The normalized spacial score (nSPS) is 37.0. The lowest BCUT2D eigenvalue weighted by molar-refractivity contribution is -0.0446. The van der Waals surface area contributed by atoms with E-state index in [0.29, 0.717) is 18.1 Å². The van der Waals surface area contributed by atoms with Crippen LogP contribution >= 0.6 is 0 Å².